The topological polar surface area (TPSA) is 59.3 Å². The number of hydrogen-bond donors (Lipinski definition) is 1. The van der Waals surface area contributed by atoms with Crippen LogP contribution < -0.4 is 11.0 Å². The molecule has 0 saturated heterocycles. The summed E-state index contributed by atoms with van der Waals surface area (Å²) in [7, 11) is 0. The Hall–Kier alpha value is -2.18. The molecule has 5 rings (SSSR count). The molecule has 0 aliphatic heterocycles. The van der Waals surface area contributed by atoms with Crippen molar-refractivity contribution in [3.05, 3.63) is 55.6 Å². The number of aryl methyl sites for hydroxylation is 2. The van der Waals surface area contributed by atoms with Crippen LogP contribution >= 0.6 is 22.9 Å². The smallest absolute Gasteiger partial charge is 0.264 e. The van der Waals surface area contributed by atoms with E-state index in [1.807, 2.05) is 28.8 Å². The third-order valence-electron chi connectivity index (χ3n) is 5.96. The van der Waals surface area contributed by atoms with Gasteiger partial charge in [0.05, 0.1) is 11.6 Å². The number of hydrazone groups is 1. The summed E-state index contributed by atoms with van der Waals surface area (Å²) in [4.78, 5) is 20.6. The Morgan fingerprint density at radius 3 is 2.72 bits per heavy atom. The van der Waals surface area contributed by atoms with E-state index in [9.17, 15) is 4.79 Å². The number of nitrogens with one attached hydrogen (secondary N) is 1. The van der Waals surface area contributed by atoms with Gasteiger partial charge in [-0.05, 0) is 55.4 Å². The second-order valence-electron chi connectivity index (χ2n) is 7.86. The number of anilines is 1. The first-order chi connectivity index (χ1) is 14.2. The summed E-state index contributed by atoms with van der Waals surface area (Å²) in [6, 6.07) is 7.67. The molecular formula is C22H23ClN4OS. The maximum absolute atomic E-state index is 13.6. The van der Waals surface area contributed by atoms with Gasteiger partial charge in [0, 0.05) is 15.9 Å². The van der Waals surface area contributed by atoms with Crippen molar-refractivity contribution < 1.29 is 0 Å². The highest BCUT2D eigenvalue weighted by atomic mass is 35.5. The molecule has 0 radical (unpaired) electrons. The summed E-state index contributed by atoms with van der Waals surface area (Å²) in [6.45, 7) is 0. The lowest BCUT2D eigenvalue weighted by Crippen LogP contribution is -2.29. The first-order valence-electron chi connectivity index (χ1n) is 10.3. The highest BCUT2D eigenvalue weighted by molar-refractivity contribution is 7.18. The minimum atomic E-state index is 0.102. The van der Waals surface area contributed by atoms with Crippen LogP contribution in [0.4, 0.5) is 5.95 Å². The van der Waals surface area contributed by atoms with Gasteiger partial charge in [-0.25, -0.2) is 10.4 Å². The van der Waals surface area contributed by atoms with Gasteiger partial charge in [0.2, 0.25) is 5.95 Å². The number of thiophene rings is 1. The van der Waals surface area contributed by atoms with E-state index in [-0.39, 0.29) is 11.6 Å². The van der Waals surface area contributed by atoms with Gasteiger partial charge in [-0.1, -0.05) is 43.0 Å². The van der Waals surface area contributed by atoms with Crippen molar-refractivity contribution >= 4 is 45.3 Å². The van der Waals surface area contributed by atoms with Gasteiger partial charge in [0.15, 0.2) is 0 Å². The number of aromatic nitrogens is 2. The first-order valence-corrected chi connectivity index (χ1v) is 11.5. The molecule has 7 heteroatoms. The lowest BCUT2D eigenvalue weighted by Gasteiger charge is -2.25. The molecule has 29 heavy (non-hydrogen) atoms. The molecule has 3 aromatic rings. The third-order valence-corrected chi connectivity index (χ3v) is 7.40. The largest absolute Gasteiger partial charge is 0.274 e. The molecule has 150 valence electrons. The van der Waals surface area contributed by atoms with Crippen LogP contribution in [0.5, 0.6) is 0 Å². The van der Waals surface area contributed by atoms with Crippen molar-refractivity contribution in [2.24, 2.45) is 5.10 Å². The van der Waals surface area contributed by atoms with Gasteiger partial charge in [-0.2, -0.15) is 5.10 Å². The van der Waals surface area contributed by atoms with Crippen LogP contribution in [0.25, 0.3) is 10.2 Å². The van der Waals surface area contributed by atoms with Gasteiger partial charge < -0.3 is 0 Å². The summed E-state index contributed by atoms with van der Waals surface area (Å²) in [5.41, 5.74) is 5.34. The summed E-state index contributed by atoms with van der Waals surface area (Å²) >= 11 is 7.62. The number of benzene rings is 1. The fourth-order valence-corrected chi connectivity index (χ4v) is 5.90. The van der Waals surface area contributed by atoms with Gasteiger partial charge in [0.25, 0.3) is 5.56 Å². The maximum Gasteiger partial charge on any atom is 0.264 e. The fraction of sp³-hybridized carbons (Fsp3) is 0.409. The van der Waals surface area contributed by atoms with Crippen LogP contribution in [0.15, 0.2) is 34.2 Å². The summed E-state index contributed by atoms with van der Waals surface area (Å²) in [5.74, 6) is 0.555. The lowest BCUT2D eigenvalue weighted by atomic mass is 9.95. The quantitative estimate of drug-likeness (QED) is 0.439. The van der Waals surface area contributed by atoms with E-state index in [2.05, 4.69) is 10.5 Å². The number of halogens is 1. The summed E-state index contributed by atoms with van der Waals surface area (Å²) in [6.07, 6.45) is 10.5. The second-order valence-corrected chi connectivity index (χ2v) is 9.38. The minimum absolute atomic E-state index is 0.102. The molecule has 2 aliphatic rings. The molecule has 0 unspecified atom stereocenters. The molecule has 1 N–H and O–H groups in total. The van der Waals surface area contributed by atoms with Gasteiger partial charge in [0.1, 0.15) is 4.83 Å². The normalized spacial score (nSPS) is 17.3. The number of hydrogen-bond acceptors (Lipinski definition) is 5. The van der Waals surface area contributed by atoms with Crippen molar-refractivity contribution in [1.82, 2.24) is 9.55 Å². The van der Waals surface area contributed by atoms with E-state index in [4.69, 9.17) is 16.6 Å². The Labute approximate surface area is 178 Å². The molecule has 2 heterocycles. The van der Waals surface area contributed by atoms with E-state index < -0.39 is 0 Å². The molecule has 5 nitrogen and oxygen atoms in total. The number of nitrogens with zero attached hydrogens (tertiary/aromatic N) is 3. The van der Waals surface area contributed by atoms with E-state index in [1.54, 1.807) is 17.6 Å². The Morgan fingerprint density at radius 2 is 1.93 bits per heavy atom. The Balaban J connectivity index is 1.55. The molecule has 0 bridgehead atoms. The van der Waals surface area contributed by atoms with Crippen LogP contribution in [0.1, 0.15) is 60.6 Å². The van der Waals surface area contributed by atoms with E-state index >= 15 is 0 Å². The Kier molecular flexibility index (Phi) is 5.14. The van der Waals surface area contributed by atoms with Crippen LogP contribution in [-0.2, 0) is 12.8 Å². The molecule has 0 amide bonds. The SMILES string of the molecule is O=c1c2c3c(sc2nc(NN=Cc2ccc(Cl)cc2)n1C1CCCCC1)CCC3. The van der Waals surface area contributed by atoms with Crippen molar-refractivity contribution in [2.75, 3.05) is 5.43 Å². The molecule has 2 aromatic heterocycles. The minimum Gasteiger partial charge on any atom is -0.274 e. The average Bonchev–Trinajstić information content (AvgIpc) is 3.31. The number of fused-ring (bicyclic) bond motifs is 3. The standard InChI is InChI=1S/C22H23ClN4OS/c23-15-11-9-14(10-12-15)13-24-26-22-25-20-19(17-7-4-8-18(17)29-20)21(28)27(22)16-5-2-1-3-6-16/h9-13,16H,1-8H2,(H,25,26). The molecule has 1 aromatic carbocycles. The van der Waals surface area contributed by atoms with Crippen molar-refractivity contribution in [3.8, 4) is 0 Å². The third kappa shape index (κ3) is 3.60. The van der Waals surface area contributed by atoms with Crippen LogP contribution in [0.2, 0.25) is 5.02 Å². The molecule has 1 saturated carbocycles. The number of rotatable bonds is 4. The van der Waals surface area contributed by atoms with Gasteiger partial charge >= 0.3 is 0 Å². The van der Waals surface area contributed by atoms with Crippen LogP contribution in [0.3, 0.4) is 0 Å². The predicted octanol–water partition coefficient (Wildman–Crippen LogP) is 5.55. The first kappa shape index (κ1) is 18.8. The molecule has 2 aliphatic carbocycles. The highest BCUT2D eigenvalue weighted by Gasteiger charge is 2.26. The summed E-state index contributed by atoms with van der Waals surface area (Å²) < 4.78 is 1.88. The molecular weight excluding hydrogens is 404 g/mol. The van der Waals surface area contributed by atoms with E-state index in [1.165, 1.54) is 16.9 Å². The van der Waals surface area contributed by atoms with E-state index in [0.29, 0.717) is 11.0 Å². The van der Waals surface area contributed by atoms with E-state index in [0.717, 1.165) is 60.7 Å². The summed E-state index contributed by atoms with van der Waals surface area (Å²) in [5, 5.41) is 5.91. The highest BCUT2D eigenvalue weighted by Crippen LogP contribution is 2.37. The zero-order valence-electron chi connectivity index (χ0n) is 16.2. The molecule has 0 atom stereocenters. The maximum atomic E-state index is 13.6. The average molecular weight is 427 g/mol. The van der Waals surface area contributed by atoms with Gasteiger partial charge in [-0.3, -0.25) is 9.36 Å². The predicted molar refractivity (Wildman–Crippen MR) is 121 cm³/mol. The van der Waals surface area contributed by atoms with Crippen molar-refractivity contribution in [1.29, 1.82) is 0 Å². The monoisotopic (exact) mass is 426 g/mol. The lowest BCUT2D eigenvalue weighted by molar-refractivity contribution is 0.348. The van der Waals surface area contributed by atoms with Crippen LogP contribution in [-0.4, -0.2) is 15.8 Å². The zero-order valence-corrected chi connectivity index (χ0v) is 17.7. The van der Waals surface area contributed by atoms with Crippen molar-refractivity contribution in [3.63, 3.8) is 0 Å². The zero-order chi connectivity index (χ0) is 19.8. The molecule has 0 spiro atoms. The Bertz CT molecular complexity index is 1130. The Morgan fingerprint density at radius 1 is 1.14 bits per heavy atom. The second kappa shape index (κ2) is 7.92. The van der Waals surface area contributed by atoms with Crippen molar-refractivity contribution in [2.45, 2.75) is 57.4 Å². The molecule has 1 fully saturated rings. The van der Waals surface area contributed by atoms with Crippen LogP contribution in [0, 0.1) is 0 Å². The fourth-order valence-electron chi connectivity index (χ4n) is 4.53. The van der Waals surface area contributed by atoms with Gasteiger partial charge in [-0.15, -0.1) is 11.3 Å².